The third kappa shape index (κ3) is 5.52. The van der Waals surface area contributed by atoms with Gasteiger partial charge >= 0.3 is 5.97 Å². The third-order valence-electron chi connectivity index (χ3n) is 2.28. The van der Waals surface area contributed by atoms with Gasteiger partial charge in [-0.1, -0.05) is 15.9 Å². The van der Waals surface area contributed by atoms with Crippen molar-refractivity contribution in [2.24, 2.45) is 5.41 Å². The molecule has 0 aliphatic rings. The molecule has 0 saturated carbocycles. The lowest BCUT2D eigenvalue weighted by Crippen LogP contribution is -2.31. The number of carbonyl (C=O) groups excluding carboxylic acids is 1. The zero-order chi connectivity index (χ0) is 12.1. The zero-order valence-electron chi connectivity index (χ0n) is 10.2. The highest BCUT2D eigenvalue weighted by Gasteiger charge is 2.29. The van der Waals surface area contributed by atoms with Gasteiger partial charge in [-0.15, -0.1) is 0 Å². The first-order valence-electron chi connectivity index (χ1n) is 5.03. The molecule has 15 heavy (non-hydrogen) atoms. The maximum atomic E-state index is 11.4. The minimum absolute atomic E-state index is 0.188. The van der Waals surface area contributed by atoms with Gasteiger partial charge in [0.2, 0.25) is 0 Å². The van der Waals surface area contributed by atoms with Crippen LogP contribution in [0.2, 0.25) is 0 Å². The van der Waals surface area contributed by atoms with E-state index in [4.69, 9.17) is 9.47 Å². The molecule has 0 spiro atoms. The first-order valence-corrected chi connectivity index (χ1v) is 6.16. The molecule has 0 aromatic heterocycles. The average molecular weight is 281 g/mol. The number of hydrogen-bond acceptors (Lipinski definition) is 3. The topological polar surface area (TPSA) is 35.5 Å². The van der Waals surface area contributed by atoms with E-state index in [9.17, 15) is 4.79 Å². The van der Waals surface area contributed by atoms with Crippen LogP contribution in [0.25, 0.3) is 0 Å². The fourth-order valence-corrected chi connectivity index (χ4v) is 1.16. The van der Waals surface area contributed by atoms with Crippen molar-refractivity contribution in [1.82, 2.24) is 0 Å². The molecule has 0 unspecified atom stereocenters. The van der Waals surface area contributed by atoms with Crippen molar-refractivity contribution in [3.63, 3.8) is 0 Å². The van der Waals surface area contributed by atoms with Gasteiger partial charge in [0.05, 0.1) is 18.1 Å². The number of alkyl halides is 1. The van der Waals surface area contributed by atoms with Gasteiger partial charge in [-0.3, -0.25) is 4.79 Å². The summed E-state index contributed by atoms with van der Waals surface area (Å²) in [4.78, 5) is 11.4. The first kappa shape index (κ1) is 14.9. The van der Waals surface area contributed by atoms with Crippen molar-refractivity contribution < 1.29 is 14.3 Å². The molecule has 0 N–H and O–H groups in total. The Morgan fingerprint density at radius 1 is 1.27 bits per heavy atom. The van der Waals surface area contributed by atoms with Crippen LogP contribution in [0.3, 0.4) is 0 Å². The number of rotatable bonds is 6. The van der Waals surface area contributed by atoms with E-state index < -0.39 is 5.41 Å². The second-order valence-corrected chi connectivity index (χ2v) is 5.43. The van der Waals surface area contributed by atoms with Gasteiger partial charge < -0.3 is 9.47 Å². The fraction of sp³-hybridized carbons (Fsp3) is 0.909. The quantitative estimate of drug-likeness (QED) is 0.554. The summed E-state index contributed by atoms with van der Waals surface area (Å²) in [5, 5.41) is 0.776. The molecule has 0 saturated heterocycles. The van der Waals surface area contributed by atoms with E-state index in [0.717, 1.165) is 5.33 Å². The van der Waals surface area contributed by atoms with Crippen LogP contribution in [0, 0.1) is 5.41 Å². The number of methoxy groups -OCH3 is 1. The van der Waals surface area contributed by atoms with Crippen molar-refractivity contribution in [3.8, 4) is 0 Å². The second kappa shape index (κ2) is 5.85. The highest BCUT2D eigenvalue weighted by atomic mass is 79.9. The number of carbonyl (C=O) groups is 1. The average Bonchev–Trinajstić information content (AvgIpc) is 2.16. The van der Waals surface area contributed by atoms with E-state index in [1.807, 2.05) is 27.7 Å². The van der Waals surface area contributed by atoms with Gasteiger partial charge in [-0.25, -0.2) is 0 Å². The van der Waals surface area contributed by atoms with Gasteiger partial charge in [0.15, 0.2) is 0 Å². The van der Waals surface area contributed by atoms with Gasteiger partial charge in [-0.2, -0.15) is 0 Å². The predicted molar refractivity (Wildman–Crippen MR) is 64.2 cm³/mol. The summed E-state index contributed by atoms with van der Waals surface area (Å²) in [6.07, 6.45) is 0.663. The summed E-state index contributed by atoms with van der Waals surface area (Å²) < 4.78 is 10.4. The Bertz CT molecular complexity index is 212. The molecule has 0 radical (unpaired) electrons. The SMILES string of the molecule is COC(=O)C(C)(C)CCOC(C)(C)CBr. The molecule has 0 rings (SSSR count). The van der Waals surface area contributed by atoms with Crippen LogP contribution in [0.4, 0.5) is 0 Å². The first-order chi connectivity index (χ1) is 6.75. The molecular formula is C11H21BrO3. The van der Waals surface area contributed by atoms with Gasteiger partial charge in [-0.05, 0) is 34.1 Å². The number of hydrogen-bond donors (Lipinski definition) is 0. The van der Waals surface area contributed by atoms with E-state index in [1.54, 1.807) is 0 Å². The molecule has 0 aromatic carbocycles. The molecule has 0 bridgehead atoms. The van der Waals surface area contributed by atoms with Gasteiger partial charge in [0.1, 0.15) is 0 Å². The van der Waals surface area contributed by atoms with Crippen molar-refractivity contribution in [3.05, 3.63) is 0 Å². The third-order valence-corrected chi connectivity index (χ3v) is 3.63. The van der Waals surface area contributed by atoms with Crippen molar-refractivity contribution in [2.75, 3.05) is 19.0 Å². The Morgan fingerprint density at radius 2 is 1.80 bits per heavy atom. The van der Waals surface area contributed by atoms with Crippen molar-refractivity contribution in [1.29, 1.82) is 0 Å². The van der Waals surface area contributed by atoms with Crippen LogP contribution < -0.4 is 0 Å². The van der Waals surface area contributed by atoms with Gasteiger partial charge in [0.25, 0.3) is 0 Å². The van der Waals surface area contributed by atoms with E-state index >= 15 is 0 Å². The Balaban J connectivity index is 4.00. The summed E-state index contributed by atoms with van der Waals surface area (Å²) in [5.74, 6) is -0.192. The second-order valence-electron chi connectivity index (χ2n) is 4.87. The monoisotopic (exact) mass is 280 g/mol. The smallest absolute Gasteiger partial charge is 0.311 e. The molecule has 0 aliphatic heterocycles. The molecule has 90 valence electrons. The number of esters is 1. The fourth-order valence-electron chi connectivity index (χ4n) is 0.999. The van der Waals surface area contributed by atoms with Gasteiger partial charge in [0, 0.05) is 11.9 Å². The molecule has 0 aromatic rings. The Labute approximate surface area is 101 Å². The van der Waals surface area contributed by atoms with E-state index in [-0.39, 0.29) is 11.6 Å². The highest BCUT2D eigenvalue weighted by molar-refractivity contribution is 9.09. The standard InChI is InChI=1S/C11H21BrO3/c1-10(2,9(13)14-5)6-7-15-11(3,4)8-12/h6-8H2,1-5H3. The van der Waals surface area contributed by atoms with Crippen LogP contribution in [0.1, 0.15) is 34.1 Å². The summed E-state index contributed by atoms with van der Waals surface area (Å²) in [7, 11) is 1.41. The van der Waals surface area contributed by atoms with Crippen LogP contribution in [-0.2, 0) is 14.3 Å². The largest absolute Gasteiger partial charge is 0.469 e. The Kier molecular flexibility index (Phi) is 5.81. The van der Waals surface area contributed by atoms with Crippen LogP contribution >= 0.6 is 15.9 Å². The molecule has 4 heteroatoms. The van der Waals surface area contributed by atoms with Crippen LogP contribution in [0.15, 0.2) is 0 Å². The molecule has 0 heterocycles. The molecule has 0 fully saturated rings. The maximum Gasteiger partial charge on any atom is 0.311 e. The summed E-state index contributed by atoms with van der Waals surface area (Å²) in [6.45, 7) is 8.30. The summed E-state index contributed by atoms with van der Waals surface area (Å²) in [6, 6.07) is 0. The van der Waals surface area contributed by atoms with Crippen molar-refractivity contribution in [2.45, 2.75) is 39.7 Å². The van der Waals surface area contributed by atoms with E-state index in [0.29, 0.717) is 13.0 Å². The minimum Gasteiger partial charge on any atom is -0.469 e. The maximum absolute atomic E-state index is 11.4. The van der Waals surface area contributed by atoms with E-state index in [2.05, 4.69) is 15.9 Å². The molecule has 3 nitrogen and oxygen atoms in total. The zero-order valence-corrected chi connectivity index (χ0v) is 11.8. The summed E-state index contributed by atoms with van der Waals surface area (Å²) in [5.41, 5.74) is -0.663. The predicted octanol–water partition coefficient (Wildman–Crippen LogP) is 2.77. The number of halogens is 1. The van der Waals surface area contributed by atoms with Crippen LogP contribution in [0.5, 0.6) is 0 Å². The molecular weight excluding hydrogens is 260 g/mol. The Morgan fingerprint density at radius 3 is 2.20 bits per heavy atom. The molecule has 0 amide bonds. The molecule has 0 atom stereocenters. The summed E-state index contributed by atoms with van der Waals surface area (Å²) >= 11 is 3.38. The lowest BCUT2D eigenvalue weighted by atomic mass is 9.90. The normalized spacial score (nSPS) is 12.7. The molecule has 0 aliphatic carbocycles. The van der Waals surface area contributed by atoms with Crippen LogP contribution in [-0.4, -0.2) is 30.6 Å². The lowest BCUT2D eigenvalue weighted by molar-refractivity contribution is -0.152. The number of ether oxygens (including phenoxy) is 2. The lowest BCUT2D eigenvalue weighted by Gasteiger charge is -2.26. The van der Waals surface area contributed by atoms with E-state index in [1.165, 1.54) is 7.11 Å². The minimum atomic E-state index is -0.475. The highest BCUT2D eigenvalue weighted by Crippen LogP contribution is 2.23. The van der Waals surface area contributed by atoms with Crippen molar-refractivity contribution >= 4 is 21.9 Å². The Hall–Kier alpha value is -0.0900.